The number of hydrogen-bond acceptors (Lipinski definition) is 3. The fraction of sp³-hybridized carbons (Fsp3) is 0.235. The Morgan fingerprint density at radius 1 is 1.19 bits per heavy atom. The zero-order valence-corrected chi connectivity index (χ0v) is 11.5. The summed E-state index contributed by atoms with van der Waals surface area (Å²) in [4.78, 5) is 4.56. The van der Waals surface area contributed by atoms with Gasteiger partial charge in [0, 0.05) is 5.56 Å². The zero-order chi connectivity index (χ0) is 14.2. The van der Waals surface area contributed by atoms with Crippen LogP contribution in [0.5, 0.6) is 0 Å². The number of fused-ring (bicyclic) bond motifs is 1. The van der Waals surface area contributed by atoms with Gasteiger partial charge in [-0.05, 0) is 43.1 Å². The van der Waals surface area contributed by atoms with Gasteiger partial charge in [0.25, 0.3) is 0 Å². The Kier molecular flexibility index (Phi) is 2.97. The number of aromatic nitrogens is 1. The Morgan fingerprint density at radius 2 is 2.10 bits per heavy atom. The van der Waals surface area contributed by atoms with Crippen molar-refractivity contribution in [2.45, 2.75) is 18.9 Å². The molecule has 2 heterocycles. The molecule has 21 heavy (non-hydrogen) atoms. The lowest BCUT2D eigenvalue weighted by Gasteiger charge is -2.02. The van der Waals surface area contributed by atoms with Gasteiger partial charge in [-0.15, -0.1) is 0 Å². The van der Waals surface area contributed by atoms with Gasteiger partial charge in [-0.3, -0.25) is 0 Å². The van der Waals surface area contributed by atoms with Crippen LogP contribution in [0, 0.1) is 5.82 Å². The summed E-state index contributed by atoms with van der Waals surface area (Å²) < 4.78 is 19.7. The maximum Gasteiger partial charge on any atom is 0.212 e. The van der Waals surface area contributed by atoms with Crippen molar-refractivity contribution < 1.29 is 8.81 Å². The maximum atomic E-state index is 13.9. The Bertz CT molecular complexity index is 790. The monoisotopic (exact) mass is 282 g/mol. The van der Waals surface area contributed by atoms with Crippen molar-refractivity contribution in [2.24, 2.45) is 0 Å². The standard InChI is InChI=1S/C17H15FN2O/c18-13-5-2-1-4-12(13)11-7-8-16-15(10-11)20-17(21-16)14-6-3-9-19-14/h1-2,4-5,7-8,10,14,19H,3,6,9H2. The van der Waals surface area contributed by atoms with Crippen molar-refractivity contribution in [3.05, 3.63) is 54.2 Å². The molecule has 0 saturated carbocycles. The zero-order valence-electron chi connectivity index (χ0n) is 11.5. The topological polar surface area (TPSA) is 38.1 Å². The molecule has 0 bridgehead atoms. The average molecular weight is 282 g/mol. The van der Waals surface area contributed by atoms with Crippen LogP contribution in [0.25, 0.3) is 22.2 Å². The molecule has 0 amide bonds. The van der Waals surface area contributed by atoms with Crippen molar-refractivity contribution in [1.82, 2.24) is 10.3 Å². The summed E-state index contributed by atoms with van der Waals surface area (Å²) in [6.07, 6.45) is 2.19. The van der Waals surface area contributed by atoms with E-state index in [1.165, 1.54) is 6.07 Å². The second-order valence-electron chi connectivity index (χ2n) is 5.36. The molecule has 1 aromatic heterocycles. The average Bonchev–Trinajstić information content (AvgIpc) is 3.16. The number of rotatable bonds is 2. The van der Waals surface area contributed by atoms with Gasteiger partial charge in [0.05, 0.1) is 6.04 Å². The van der Waals surface area contributed by atoms with E-state index in [2.05, 4.69) is 10.3 Å². The third-order valence-electron chi connectivity index (χ3n) is 3.95. The first-order valence-electron chi connectivity index (χ1n) is 7.20. The second-order valence-corrected chi connectivity index (χ2v) is 5.36. The number of halogens is 1. The molecule has 1 fully saturated rings. The molecule has 1 aliphatic heterocycles. The summed E-state index contributed by atoms with van der Waals surface area (Å²) in [5.41, 5.74) is 2.93. The summed E-state index contributed by atoms with van der Waals surface area (Å²) in [6.45, 7) is 1.00. The fourth-order valence-electron chi connectivity index (χ4n) is 2.85. The molecule has 3 aromatic rings. The van der Waals surface area contributed by atoms with Gasteiger partial charge in [-0.2, -0.15) is 0 Å². The third kappa shape index (κ3) is 2.21. The predicted octanol–water partition coefficient (Wildman–Crippen LogP) is 4.06. The van der Waals surface area contributed by atoms with E-state index in [1.807, 2.05) is 24.3 Å². The number of oxazole rings is 1. The fourth-order valence-corrected chi connectivity index (χ4v) is 2.85. The van der Waals surface area contributed by atoms with Crippen LogP contribution in [0.3, 0.4) is 0 Å². The molecule has 1 saturated heterocycles. The number of nitrogens with zero attached hydrogens (tertiary/aromatic N) is 1. The highest BCUT2D eigenvalue weighted by Crippen LogP contribution is 2.29. The van der Waals surface area contributed by atoms with Crippen LogP contribution in [0.15, 0.2) is 46.9 Å². The molecular formula is C17H15FN2O. The van der Waals surface area contributed by atoms with Gasteiger partial charge < -0.3 is 9.73 Å². The lowest BCUT2D eigenvalue weighted by atomic mass is 10.0. The molecule has 1 aliphatic rings. The van der Waals surface area contributed by atoms with Gasteiger partial charge in [-0.25, -0.2) is 9.37 Å². The van der Waals surface area contributed by atoms with Crippen LogP contribution in [0.1, 0.15) is 24.8 Å². The van der Waals surface area contributed by atoms with E-state index < -0.39 is 0 Å². The Labute approximate surface area is 121 Å². The molecule has 1 N–H and O–H groups in total. The van der Waals surface area contributed by atoms with Crippen molar-refractivity contribution in [1.29, 1.82) is 0 Å². The highest BCUT2D eigenvalue weighted by Gasteiger charge is 2.21. The second kappa shape index (κ2) is 4.97. The van der Waals surface area contributed by atoms with Crippen LogP contribution in [-0.2, 0) is 0 Å². The van der Waals surface area contributed by atoms with Crippen LogP contribution in [-0.4, -0.2) is 11.5 Å². The molecule has 3 nitrogen and oxygen atoms in total. The van der Waals surface area contributed by atoms with E-state index in [-0.39, 0.29) is 11.9 Å². The SMILES string of the molecule is Fc1ccccc1-c1ccc2oc(C3CCCN3)nc2c1. The smallest absolute Gasteiger partial charge is 0.212 e. The Hall–Kier alpha value is -2.20. The minimum Gasteiger partial charge on any atom is -0.439 e. The lowest BCUT2D eigenvalue weighted by Crippen LogP contribution is -2.12. The number of benzene rings is 2. The first-order valence-corrected chi connectivity index (χ1v) is 7.20. The van der Waals surface area contributed by atoms with E-state index in [9.17, 15) is 4.39 Å². The molecule has 1 unspecified atom stereocenters. The van der Waals surface area contributed by atoms with Crippen molar-refractivity contribution in [3.63, 3.8) is 0 Å². The van der Waals surface area contributed by atoms with Gasteiger partial charge in [-0.1, -0.05) is 24.3 Å². The minimum absolute atomic E-state index is 0.203. The van der Waals surface area contributed by atoms with Gasteiger partial charge >= 0.3 is 0 Å². The molecule has 0 radical (unpaired) electrons. The summed E-state index contributed by atoms with van der Waals surface area (Å²) in [7, 11) is 0. The first kappa shape index (κ1) is 12.5. The predicted molar refractivity (Wildman–Crippen MR) is 79.4 cm³/mol. The van der Waals surface area contributed by atoms with Crippen molar-refractivity contribution in [2.75, 3.05) is 6.54 Å². The minimum atomic E-state index is -0.224. The van der Waals surface area contributed by atoms with E-state index in [1.54, 1.807) is 12.1 Å². The summed E-state index contributed by atoms with van der Waals surface area (Å²) >= 11 is 0. The summed E-state index contributed by atoms with van der Waals surface area (Å²) in [5, 5.41) is 3.37. The van der Waals surface area contributed by atoms with Crippen molar-refractivity contribution in [3.8, 4) is 11.1 Å². The highest BCUT2D eigenvalue weighted by atomic mass is 19.1. The quantitative estimate of drug-likeness (QED) is 0.770. The van der Waals surface area contributed by atoms with Gasteiger partial charge in [0.1, 0.15) is 11.3 Å². The Morgan fingerprint density at radius 3 is 2.90 bits per heavy atom. The van der Waals surface area contributed by atoms with Gasteiger partial charge in [0.15, 0.2) is 5.58 Å². The van der Waals surface area contributed by atoms with Crippen LogP contribution in [0.2, 0.25) is 0 Å². The molecule has 4 rings (SSSR count). The van der Waals surface area contributed by atoms with Crippen molar-refractivity contribution >= 4 is 11.1 Å². The van der Waals surface area contributed by atoms with Crippen LogP contribution >= 0.6 is 0 Å². The highest BCUT2D eigenvalue weighted by molar-refractivity contribution is 5.80. The first-order chi connectivity index (χ1) is 10.3. The molecule has 0 aliphatic carbocycles. The van der Waals surface area contributed by atoms with E-state index in [0.29, 0.717) is 5.56 Å². The molecule has 0 spiro atoms. The molecule has 4 heteroatoms. The maximum absolute atomic E-state index is 13.9. The normalized spacial score (nSPS) is 18.4. The van der Waals surface area contributed by atoms with E-state index in [4.69, 9.17) is 4.42 Å². The van der Waals surface area contributed by atoms with Crippen LogP contribution < -0.4 is 5.32 Å². The summed E-state index contributed by atoms with van der Waals surface area (Å²) in [5.74, 6) is 0.506. The molecular weight excluding hydrogens is 267 g/mol. The van der Waals surface area contributed by atoms with Crippen LogP contribution in [0.4, 0.5) is 4.39 Å². The molecule has 2 aromatic carbocycles. The van der Waals surface area contributed by atoms with E-state index in [0.717, 1.165) is 41.9 Å². The lowest BCUT2D eigenvalue weighted by molar-refractivity contribution is 0.452. The largest absolute Gasteiger partial charge is 0.439 e. The summed E-state index contributed by atoms with van der Waals surface area (Å²) in [6, 6.07) is 12.6. The van der Waals surface area contributed by atoms with Gasteiger partial charge in [0.2, 0.25) is 5.89 Å². The third-order valence-corrected chi connectivity index (χ3v) is 3.95. The molecule has 106 valence electrons. The molecule has 1 atom stereocenters. The number of nitrogens with one attached hydrogen (secondary N) is 1. The number of hydrogen-bond donors (Lipinski definition) is 1. The Balaban J connectivity index is 1.77. The van der Waals surface area contributed by atoms with E-state index >= 15 is 0 Å².